The third kappa shape index (κ3) is 3.17. The van der Waals surface area contributed by atoms with Crippen LogP contribution in [0.2, 0.25) is 0 Å². The van der Waals surface area contributed by atoms with E-state index in [0.717, 1.165) is 19.9 Å². The number of thioether (sulfide) groups is 1. The predicted molar refractivity (Wildman–Crippen MR) is 96.6 cm³/mol. The summed E-state index contributed by atoms with van der Waals surface area (Å²) in [4.78, 5) is 4.59. The van der Waals surface area contributed by atoms with E-state index in [2.05, 4.69) is 37.2 Å². The molecule has 0 unspecified atom stereocenters. The summed E-state index contributed by atoms with van der Waals surface area (Å²) < 4.78 is 8.88. The molecule has 0 N–H and O–H groups in total. The lowest BCUT2D eigenvalue weighted by Crippen LogP contribution is -1.79. The molecule has 0 saturated carbocycles. The van der Waals surface area contributed by atoms with E-state index < -0.39 is 0 Å². The third-order valence-corrected chi connectivity index (χ3v) is 6.02. The van der Waals surface area contributed by atoms with Crippen LogP contribution in [0.15, 0.2) is 61.8 Å². The molecule has 0 radical (unpaired) electrons. The van der Waals surface area contributed by atoms with Crippen LogP contribution >= 0.6 is 39.0 Å². The fourth-order valence-corrected chi connectivity index (χ4v) is 4.45. The smallest absolute Gasteiger partial charge is 0.248 e. The van der Waals surface area contributed by atoms with E-state index in [1.165, 1.54) is 4.70 Å². The van der Waals surface area contributed by atoms with Crippen LogP contribution in [0.5, 0.6) is 0 Å². The lowest BCUT2D eigenvalue weighted by Gasteiger charge is -1.97. The highest BCUT2D eigenvalue weighted by atomic mass is 79.9. The molecule has 7 heteroatoms. The molecular weight excluding hydrogens is 394 g/mol. The van der Waals surface area contributed by atoms with E-state index in [9.17, 15) is 0 Å². The first kappa shape index (κ1) is 14.9. The van der Waals surface area contributed by atoms with Crippen molar-refractivity contribution in [3.8, 4) is 11.5 Å². The Bertz CT molecular complexity index is 934. The Morgan fingerprint density at radius 3 is 2.74 bits per heavy atom. The summed E-state index contributed by atoms with van der Waals surface area (Å²) in [5.41, 5.74) is 1.93. The van der Waals surface area contributed by atoms with Crippen molar-refractivity contribution >= 4 is 49.2 Å². The zero-order chi connectivity index (χ0) is 15.6. The van der Waals surface area contributed by atoms with Gasteiger partial charge in [-0.25, -0.2) is 4.98 Å². The Morgan fingerprint density at radius 2 is 1.87 bits per heavy atom. The first-order valence-electron chi connectivity index (χ1n) is 6.85. The summed E-state index contributed by atoms with van der Waals surface area (Å²) in [7, 11) is 0. The molecular formula is C16H10BrN3OS2. The van der Waals surface area contributed by atoms with E-state index in [4.69, 9.17) is 4.42 Å². The molecule has 2 heterocycles. The Balaban J connectivity index is 1.51. The van der Waals surface area contributed by atoms with Crippen LogP contribution < -0.4 is 0 Å². The minimum absolute atomic E-state index is 0.525. The number of benzene rings is 2. The zero-order valence-corrected chi connectivity index (χ0v) is 15.0. The van der Waals surface area contributed by atoms with Gasteiger partial charge in [-0.3, -0.25) is 0 Å². The largest absolute Gasteiger partial charge is 0.420 e. The highest BCUT2D eigenvalue weighted by Crippen LogP contribution is 2.32. The lowest BCUT2D eigenvalue weighted by molar-refractivity contribution is 0.528. The molecule has 0 aliphatic heterocycles. The normalized spacial score (nSPS) is 11.2. The second-order valence-corrected chi connectivity index (χ2v) is 7.82. The molecule has 0 bridgehead atoms. The standard InChI is InChI=1S/C16H10BrN3OS2/c17-11-6-2-1-5-10(11)15-20-19-14(21-15)9-22-16-18-12-7-3-4-8-13(12)23-16/h1-8H,9H2. The number of para-hydroxylation sites is 1. The molecule has 0 aliphatic carbocycles. The van der Waals surface area contributed by atoms with Gasteiger partial charge in [0.25, 0.3) is 0 Å². The van der Waals surface area contributed by atoms with Crippen molar-refractivity contribution in [1.29, 1.82) is 0 Å². The van der Waals surface area contributed by atoms with Crippen LogP contribution in [0.3, 0.4) is 0 Å². The molecule has 4 aromatic rings. The van der Waals surface area contributed by atoms with Crippen molar-refractivity contribution < 1.29 is 4.42 Å². The van der Waals surface area contributed by atoms with E-state index >= 15 is 0 Å². The summed E-state index contributed by atoms with van der Waals surface area (Å²) in [6.07, 6.45) is 0. The number of thiazole rings is 1. The number of fused-ring (bicyclic) bond motifs is 1. The average Bonchev–Trinajstić information content (AvgIpc) is 3.19. The number of hydrogen-bond donors (Lipinski definition) is 0. The van der Waals surface area contributed by atoms with Gasteiger partial charge in [-0.15, -0.1) is 21.5 Å². The summed E-state index contributed by atoms with van der Waals surface area (Å²) >= 11 is 6.78. The molecule has 114 valence electrons. The number of nitrogens with zero attached hydrogens (tertiary/aromatic N) is 3. The van der Waals surface area contributed by atoms with Crippen molar-refractivity contribution in [1.82, 2.24) is 15.2 Å². The fourth-order valence-electron chi connectivity index (χ4n) is 2.09. The number of halogens is 1. The average molecular weight is 404 g/mol. The summed E-state index contributed by atoms with van der Waals surface area (Å²) in [5, 5.41) is 8.25. The van der Waals surface area contributed by atoms with Crippen LogP contribution in [0.25, 0.3) is 21.7 Å². The molecule has 4 nitrogen and oxygen atoms in total. The quantitative estimate of drug-likeness (QED) is 0.426. The first-order valence-corrected chi connectivity index (χ1v) is 9.45. The summed E-state index contributed by atoms with van der Waals surface area (Å²) in [6, 6.07) is 15.9. The zero-order valence-electron chi connectivity index (χ0n) is 11.8. The van der Waals surface area contributed by atoms with E-state index in [1.807, 2.05) is 42.5 Å². The second kappa shape index (κ2) is 6.43. The fraction of sp³-hybridized carbons (Fsp3) is 0.0625. The molecule has 0 amide bonds. The monoisotopic (exact) mass is 403 g/mol. The number of aromatic nitrogens is 3. The highest BCUT2D eigenvalue weighted by Gasteiger charge is 2.12. The van der Waals surface area contributed by atoms with Crippen molar-refractivity contribution in [2.75, 3.05) is 0 Å². The van der Waals surface area contributed by atoms with Gasteiger partial charge < -0.3 is 4.42 Å². The minimum atomic E-state index is 0.525. The van der Waals surface area contributed by atoms with Gasteiger partial charge in [0.1, 0.15) is 0 Å². The van der Waals surface area contributed by atoms with Gasteiger partial charge in [0, 0.05) is 4.47 Å². The van der Waals surface area contributed by atoms with Crippen LogP contribution in [-0.4, -0.2) is 15.2 Å². The predicted octanol–water partition coefficient (Wildman–Crippen LogP) is 5.40. The minimum Gasteiger partial charge on any atom is -0.420 e. The van der Waals surface area contributed by atoms with E-state index in [-0.39, 0.29) is 0 Å². The molecule has 4 rings (SSSR count). The maximum Gasteiger partial charge on any atom is 0.248 e. The van der Waals surface area contributed by atoms with Gasteiger partial charge in [0.05, 0.1) is 21.5 Å². The Kier molecular flexibility index (Phi) is 4.15. The summed E-state index contributed by atoms with van der Waals surface area (Å²) in [5.74, 6) is 1.73. The molecule has 0 saturated heterocycles. The molecule has 0 fully saturated rings. The molecule has 0 spiro atoms. The van der Waals surface area contributed by atoms with E-state index in [1.54, 1.807) is 23.1 Å². The van der Waals surface area contributed by atoms with E-state index in [0.29, 0.717) is 17.5 Å². The van der Waals surface area contributed by atoms with Crippen LogP contribution in [0.4, 0.5) is 0 Å². The molecule has 2 aromatic heterocycles. The van der Waals surface area contributed by atoms with Gasteiger partial charge in [-0.05, 0) is 40.2 Å². The maximum absolute atomic E-state index is 5.75. The van der Waals surface area contributed by atoms with Gasteiger partial charge in [-0.1, -0.05) is 36.0 Å². The van der Waals surface area contributed by atoms with Crippen molar-refractivity contribution in [2.45, 2.75) is 10.1 Å². The molecule has 23 heavy (non-hydrogen) atoms. The topological polar surface area (TPSA) is 51.8 Å². The number of hydrogen-bond acceptors (Lipinski definition) is 6. The van der Waals surface area contributed by atoms with Crippen molar-refractivity contribution in [3.05, 3.63) is 58.9 Å². The Hall–Kier alpha value is -1.70. The Morgan fingerprint density at radius 1 is 1.04 bits per heavy atom. The third-order valence-electron chi connectivity index (χ3n) is 3.16. The molecule has 0 atom stereocenters. The highest BCUT2D eigenvalue weighted by molar-refractivity contribution is 9.10. The second-order valence-electron chi connectivity index (χ2n) is 4.72. The van der Waals surface area contributed by atoms with Crippen molar-refractivity contribution in [2.24, 2.45) is 0 Å². The summed E-state index contributed by atoms with van der Waals surface area (Å²) in [6.45, 7) is 0. The van der Waals surface area contributed by atoms with Crippen molar-refractivity contribution in [3.63, 3.8) is 0 Å². The Labute approximate surface area is 149 Å². The first-order chi connectivity index (χ1) is 11.3. The van der Waals surface area contributed by atoms with Gasteiger partial charge >= 0.3 is 0 Å². The van der Waals surface area contributed by atoms with Gasteiger partial charge in [0.15, 0.2) is 4.34 Å². The van der Waals surface area contributed by atoms with Gasteiger partial charge in [0.2, 0.25) is 11.8 Å². The molecule has 0 aliphatic rings. The van der Waals surface area contributed by atoms with Gasteiger partial charge in [-0.2, -0.15) is 0 Å². The SMILES string of the molecule is Brc1ccccc1-c1nnc(CSc2nc3ccccc3s2)o1. The lowest BCUT2D eigenvalue weighted by atomic mass is 10.2. The number of rotatable bonds is 4. The van der Waals surface area contributed by atoms with Crippen LogP contribution in [0.1, 0.15) is 5.89 Å². The maximum atomic E-state index is 5.75. The van der Waals surface area contributed by atoms with Crippen LogP contribution in [0, 0.1) is 0 Å². The van der Waals surface area contributed by atoms with Crippen LogP contribution in [-0.2, 0) is 5.75 Å². The molecule has 2 aromatic carbocycles.